The molecule has 2 bridgehead atoms. The second-order valence-corrected chi connectivity index (χ2v) is 7.66. The van der Waals surface area contributed by atoms with E-state index in [2.05, 4.69) is 0 Å². The zero-order valence-electron chi connectivity index (χ0n) is 14.7. The topological polar surface area (TPSA) is 122 Å². The lowest BCUT2D eigenvalue weighted by Crippen LogP contribution is -2.52. The van der Waals surface area contributed by atoms with Crippen molar-refractivity contribution >= 4 is 17.3 Å². The Labute approximate surface area is 154 Å². The summed E-state index contributed by atoms with van der Waals surface area (Å²) in [4.78, 5) is 33.3. The molecule has 9 nitrogen and oxygen atoms in total. The first-order valence-corrected chi connectivity index (χ1v) is 9.18. The van der Waals surface area contributed by atoms with E-state index in [0.29, 0.717) is 24.9 Å². The number of nitro groups is 2. The fraction of sp³-hybridized carbons (Fsp3) is 0.611. The molecule has 2 aliphatic carbocycles. The molecule has 1 heterocycles. The molecule has 1 saturated heterocycles. The van der Waals surface area contributed by atoms with Crippen LogP contribution in [0.5, 0.6) is 0 Å². The van der Waals surface area contributed by atoms with Crippen LogP contribution in [0, 0.1) is 32.1 Å². The molecule has 3 aliphatic rings. The lowest BCUT2D eigenvalue weighted by molar-refractivity contribution is -0.394. The minimum absolute atomic E-state index is 0.179. The minimum atomic E-state index is -0.775. The Bertz CT molecular complexity index is 771. The molecule has 1 aliphatic heterocycles. The summed E-state index contributed by atoms with van der Waals surface area (Å²) in [6.45, 7) is 0.636. The maximum Gasteiger partial charge on any atom is 0.339 e. The molecular weight excluding hydrogens is 356 g/mol. The lowest BCUT2D eigenvalue weighted by atomic mass is 9.72. The molecule has 0 N–H and O–H groups in total. The highest BCUT2D eigenvalue weighted by molar-refractivity contribution is 5.91. The van der Waals surface area contributed by atoms with Gasteiger partial charge < -0.3 is 9.47 Å². The van der Waals surface area contributed by atoms with Crippen LogP contribution in [0.2, 0.25) is 0 Å². The van der Waals surface area contributed by atoms with E-state index < -0.39 is 38.9 Å². The number of benzene rings is 1. The van der Waals surface area contributed by atoms with Crippen molar-refractivity contribution in [2.24, 2.45) is 11.8 Å². The van der Waals surface area contributed by atoms with E-state index in [0.717, 1.165) is 50.3 Å². The van der Waals surface area contributed by atoms with Crippen molar-refractivity contribution in [2.45, 2.75) is 50.2 Å². The molecular formula is C18H20N2O7. The largest absolute Gasteiger partial charge is 0.456 e. The van der Waals surface area contributed by atoms with Gasteiger partial charge in [-0.1, -0.05) is 0 Å². The molecule has 2 saturated carbocycles. The highest BCUT2D eigenvalue weighted by atomic mass is 16.6. The van der Waals surface area contributed by atoms with Crippen molar-refractivity contribution in [3.63, 3.8) is 0 Å². The average Bonchev–Trinajstić information content (AvgIpc) is 3.27. The molecule has 144 valence electrons. The van der Waals surface area contributed by atoms with Crippen LogP contribution in [-0.2, 0) is 9.47 Å². The Morgan fingerprint density at radius 3 is 2.41 bits per heavy atom. The number of esters is 1. The third kappa shape index (κ3) is 3.05. The first-order valence-electron chi connectivity index (χ1n) is 9.18. The van der Waals surface area contributed by atoms with Gasteiger partial charge in [0.05, 0.1) is 21.5 Å². The van der Waals surface area contributed by atoms with Gasteiger partial charge in [-0.15, -0.1) is 0 Å². The molecule has 27 heavy (non-hydrogen) atoms. The number of fused-ring (bicyclic) bond motifs is 3. The number of carbonyl (C=O) groups excluding carboxylic acids is 1. The highest BCUT2D eigenvalue weighted by Crippen LogP contribution is 2.54. The van der Waals surface area contributed by atoms with Crippen molar-refractivity contribution < 1.29 is 24.1 Å². The van der Waals surface area contributed by atoms with Crippen molar-refractivity contribution in [3.8, 4) is 0 Å². The highest BCUT2D eigenvalue weighted by Gasteiger charge is 2.57. The van der Waals surface area contributed by atoms with Gasteiger partial charge in [-0.05, 0) is 50.4 Å². The third-order valence-corrected chi connectivity index (χ3v) is 6.22. The number of hydrogen-bond donors (Lipinski definition) is 0. The van der Waals surface area contributed by atoms with Gasteiger partial charge in [-0.2, -0.15) is 0 Å². The minimum Gasteiger partial charge on any atom is -0.456 e. The van der Waals surface area contributed by atoms with E-state index >= 15 is 0 Å². The quantitative estimate of drug-likeness (QED) is 0.448. The average molecular weight is 376 g/mol. The van der Waals surface area contributed by atoms with E-state index in [1.54, 1.807) is 0 Å². The molecule has 3 fully saturated rings. The van der Waals surface area contributed by atoms with Crippen molar-refractivity contribution in [1.29, 1.82) is 0 Å². The molecule has 1 spiro atoms. The lowest BCUT2D eigenvalue weighted by Gasteiger charge is -2.44. The molecule has 0 aromatic heterocycles. The van der Waals surface area contributed by atoms with Gasteiger partial charge in [0.25, 0.3) is 11.4 Å². The number of non-ortho nitro benzene ring substituents is 2. The first-order chi connectivity index (χ1) is 12.9. The number of hydrogen-bond acceptors (Lipinski definition) is 7. The zero-order chi connectivity index (χ0) is 19.2. The summed E-state index contributed by atoms with van der Waals surface area (Å²) in [5.74, 6) is 0.0704. The predicted octanol–water partition coefficient (Wildman–Crippen LogP) is 3.40. The molecule has 4 rings (SSSR count). The first kappa shape index (κ1) is 17.8. The molecule has 2 unspecified atom stereocenters. The summed E-state index contributed by atoms with van der Waals surface area (Å²) in [7, 11) is 0. The molecule has 1 aromatic rings. The number of ether oxygens (including phenoxy) is 2. The van der Waals surface area contributed by atoms with Gasteiger partial charge >= 0.3 is 5.97 Å². The van der Waals surface area contributed by atoms with Crippen LogP contribution in [0.15, 0.2) is 18.2 Å². The van der Waals surface area contributed by atoms with E-state index in [1.165, 1.54) is 0 Å². The monoisotopic (exact) mass is 376 g/mol. The van der Waals surface area contributed by atoms with Crippen molar-refractivity contribution in [1.82, 2.24) is 0 Å². The van der Waals surface area contributed by atoms with Crippen LogP contribution < -0.4 is 0 Å². The Morgan fingerprint density at radius 1 is 1.11 bits per heavy atom. The maximum atomic E-state index is 12.7. The molecule has 1 aromatic carbocycles. The Morgan fingerprint density at radius 2 is 1.81 bits per heavy atom. The van der Waals surface area contributed by atoms with Crippen molar-refractivity contribution in [3.05, 3.63) is 44.0 Å². The van der Waals surface area contributed by atoms with E-state index in [4.69, 9.17) is 9.47 Å². The van der Waals surface area contributed by atoms with Crippen LogP contribution in [-0.4, -0.2) is 34.1 Å². The predicted molar refractivity (Wildman–Crippen MR) is 92.3 cm³/mol. The van der Waals surface area contributed by atoms with Crippen LogP contribution in [0.3, 0.4) is 0 Å². The van der Waals surface area contributed by atoms with Crippen molar-refractivity contribution in [2.75, 3.05) is 6.61 Å². The standard InChI is InChI=1S/C18H20N2O7/c21-17(12-8-14(19(22)23)10-15(9-12)20(24)25)27-16-7-11-2-3-13(6-11)18(16)4-1-5-26-18/h8-11,13,16H,1-7H2/t11?,13?,16-,18-/m0/s1. The van der Waals surface area contributed by atoms with Gasteiger partial charge in [0.1, 0.15) is 11.7 Å². The number of rotatable bonds is 4. The summed E-state index contributed by atoms with van der Waals surface area (Å²) in [6.07, 6.45) is 5.26. The van der Waals surface area contributed by atoms with Gasteiger partial charge in [-0.3, -0.25) is 20.2 Å². The van der Waals surface area contributed by atoms with Gasteiger partial charge in [-0.25, -0.2) is 4.79 Å². The fourth-order valence-electron chi connectivity index (χ4n) is 5.03. The normalized spacial score (nSPS) is 31.8. The van der Waals surface area contributed by atoms with Crippen LogP contribution in [0.4, 0.5) is 11.4 Å². The summed E-state index contributed by atoms with van der Waals surface area (Å²) in [5, 5.41) is 22.1. The van der Waals surface area contributed by atoms with Gasteiger partial charge in [0.15, 0.2) is 0 Å². The summed E-state index contributed by atoms with van der Waals surface area (Å²) >= 11 is 0. The van der Waals surface area contributed by atoms with Gasteiger partial charge in [0, 0.05) is 18.7 Å². The molecule has 0 radical (unpaired) electrons. The maximum absolute atomic E-state index is 12.7. The number of nitro benzene ring substituents is 2. The Kier molecular flexibility index (Phi) is 4.33. The second kappa shape index (κ2) is 6.56. The van der Waals surface area contributed by atoms with E-state index in [-0.39, 0.29) is 5.56 Å². The number of carbonyl (C=O) groups is 1. The Balaban J connectivity index is 1.62. The fourth-order valence-corrected chi connectivity index (χ4v) is 5.03. The summed E-state index contributed by atoms with van der Waals surface area (Å²) in [5.41, 5.74) is -1.67. The Hall–Kier alpha value is -2.55. The molecule has 4 atom stereocenters. The zero-order valence-corrected chi connectivity index (χ0v) is 14.7. The SMILES string of the molecule is O=C(O[C@H]1CC2CCC(C2)[C@@]12CCCO2)c1cc([N+](=O)[O-])cc([N+](=O)[O-])c1. The smallest absolute Gasteiger partial charge is 0.339 e. The van der Waals surface area contributed by atoms with E-state index in [9.17, 15) is 25.0 Å². The van der Waals surface area contributed by atoms with Crippen LogP contribution in [0.1, 0.15) is 48.9 Å². The van der Waals surface area contributed by atoms with Crippen LogP contribution in [0.25, 0.3) is 0 Å². The summed E-state index contributed by atoms with van der Waals surface area (Å²) < 4.78 is 11.8. The summed E-state index contributed by atoms with van der Waals surface area (Å²) in [6, 6.07) is 2.88. The number of nitrogens with zero attached hydrogens (tertiary/aromatic N) is 2. The molecule has 9 heteroatoms. The van der Waals surface area contributed by atoms with E-state index in [1.807, 2.05) is 0 Å². The van der Waals surface area contributed by atoms with Crippen LogP contribution >= 0.6 is 0 Å². The third-order valence-electron chi connectivity index (χ3n) is 6.22. The van der Waals surface area contributed by atoms with Gasteiger partial charge in [0.2, 0.25) is 0 Å². The second-order valence-electron chi connectivity index (χ2n) is 7.66. The molecule has 0 amide bonds.